The van der Waals surface area contributed by atoms with E-state index in [1.807, 2.05) is 0 Å². The van der Waals surface area contributed by atoms with Gasteiger partial charge in [0.05, 0.1) is 12.9 Å². The molecule has 9 heteroatoms. The van der Waals surface area contributed by atoms with Gasteiger partial charge in [0, 0.05) is 51.7 Å². The summed E-state index contributed by atoms with van der Waals surface area (Å²) in [6.45, 7) is 6.57. The SMILES string of the molecule is CCC(CCC(CC(=O)CCc1ccc(O)c(OC)c1)OC(C)=O)Cc1c[nH]cc1CCC1=CCNC(NCCC(C)=O)=C1. The van der Waals surface area contributed by atoms with E-state index in [-0.39, 0.29) is 29.7 Å². The summed E-state index contributed by atoms with van der Waals surface area (Å²) in [6, 6.07) is 5.08. The third-order valence-corrected chi connectivity index (χ3v) is 8.10. The van der Waals surface area contributed by atoms with E-state index in [1.54, 1.807) is 25.1 Å². The minimum Gasteiger partial charge on any atom is -0.504 e. The molecule has 0 amide bonds. The lowest BCUT2D eigenvalue weighted by Crippen LogP contribution is -2.30. The Hall–Kier alpha value is -4.01. The summed E-state index contributed by atoms with van der Waals surface area (Å²) in [5, 5.41) is 16.4. The number of carbonyl (C=O) groups excluding carboxylic acids is 3. The smallest absolute Gasteiger partial charge is 0.302 e. The summed E-state index contributed by atoms with van der Waals surface area (Å²) in [5.74, 6) is 1.66. The molecule has 0 fully saturated rings. The molecule has 1 aromatic heterocycles. The molecule has 2 heterocycles. The predicted molar refractivity (Wildman–Crippen MR) is 171 cm³/mol. The molecule has 0 bridgehead atoms. The zero-order valence-electron chi connectivity index (χ0n) is 26.7. The maximum Gasteiger partial charge on any atom is 0.302 e. The number of aromatic amines is 1. The number of hydrogen-bond acceptors (Lipinski definition) is 8. The largest absolute Gasteiger partial charge is 0.504 e. The fourth-order valence-electron chi connectivity index (χ4n) is 5.52. The second-order valence-electron chi connectivity index (χ2n) is 11.6. The van der Waals surface area contributed by atoms with Crippen LogP contribution in [0.25, 0.3) is 0 Å². The van der Waals surface area contributed by atoms with Gasteiger partial charge in [-0.1, -0.05) is 25.5 Å². The van der Waals surface area contributed by atoms with E-state index in [4.69, 9.17) is 9.47 Å². The molecule has 0 radical (unpaired) electrons. The highest BCUT2D eigenvalue weighted by molar-refractivity contribution is 5.79. The average molecular weight is 608 g/mol. The Bertz CT molecular complexity index is 1310. The number of carbonyl (C=O) groups is 3. The number of esters is 1. The Balaban J connectivity index is 1.50. The Morgan fingerprint density at radius 2 is 1.84 bits per heavy atom. The van der Waals surface area contributed by atoms with Gasteiger partial charge in [0.15, 0.2) is 11.5 Å². The number of aryl methyl sites for hydroxylation is 2. The molecule has 3 rings (SSSR count). The van der Waals surface area contributed by atoms with E-state index in [0.29, 0.717) is 43.9 Å². The highest BCUT2D eigenvalue weighted by Gasteiger charge is 2.20. The first-order valence-electron chi connectivity index (χ1n) is 15.7. The van der Waals surface area contributed by atoms with Gasteiger partial charge in [0.25, 0.3) is 0 Å². The van der Waals surface area contributed by atoms with E-state index in [2.05, 4.69) is 47.1 Å². The number of phenolic OH excluding ortho intramolecular Hbond substituents is 1. The summed E-state index contributed by atoms with van der Waals surface area (Å²) >= 11 is 0. The second kappa shape index (κ2) is 18.0. The zero-order chi connectivity index (χ0) is 31.9. The Morgan fingerprint density at radius 3 is 2.57 bits per heavy atom. The van der Waals surface area contributed by atoms with Crippen LogP contribution < -0.4 is 15.4 Å². The first-order chi connectivity index (χ1) is 21.2. The van der Waals surface area contributed by atoms with Gasteiger partial charge < -0.3 is 30.2 Å². The van der Waals surface area contributed by atoms with Gasteiger partial charge in [-0.05, 0) is 91.8 Å². The molecule has 9 nitrogen and oxygen atoms in total. The number of aromatic hydroxyl groups is 1. The second-order valence-corrected chi connectivity index (χ2v) is 11.6. The van der Waals surface area contributed by atoms with Crippen molar-refractivity contribution in [3.8, 4) is 11.5 Å². The summed E-state index contributed by atoms with van der Waals surface area (Å²) in [7, 11) is 1.49. The van der Waals surface area contributed by atoms with Crippen molar-refractivity contribution in [1.82, 2.24) is 15.6 Å². The molecule has 1 aromatic carbocycles. The Labute approximate surface area is 261 Å². The van der Waals surface area contributed by atoms with Crippen molar-refractivity contribution in [2.45, 2.75) is 91.1 Å². The van der Waals surface area contributed by atoms with Gasteiger partial charge >= 0.3 is 5.97 Å². The van der Waals surface area contributed by atoms with E-state index < -0.39 is 6.10 Å². The third-order valence-electron chi connectivity index (χ3n) is 8.10. The molecular weight excluding hydrogens is 558 g/mol. The number of rotatable bonds is 20. The number of methoxy groups -OCH3 is 1. The molecule has 2 unspecified atom stereocenters. The van der Waals surface area contributed by atoms with Crippen LogP contribution in [0.1, 0.15) is 82.4 Å². The molecule has 2 aromatic rings. The topological polar surface area (TPSA) is 130 Å². The first-order valence-corrected chi connectivity index (χ1v) is 15.7. The highest BCUT2D eigenvalue weighted by Crippen LogP contribution is 2.27. The fourth-order valence-corrected chi connectivity index (χ4v) is 5.52. The molecule has 0 aliphatic carbocycles. The molecular formula is C35H49N3O6. The van der Waals surface area contributed by atoms with Crippen LogP contribution in [0.2, 0.25) is 0 Å². The number of nitrogens with one attached hydrogen (secondary N) is 3. The van der Waals surface area contributed by atoms with Crippen molar-refractivity contribution < 1.29 is 29.0 Å². The van der Waals surface area contributed by atoms with Crippen LogP contribution in [-0.4, -0.2) is 53.9 Å². The van der Waals surface area contributed by atoms with Gasteiger partial charge in [0.2, 0.25) is 0 Å². The Kier molecular flexibility index (Phi) is 14.1. The van der Waals surface area contributed by atoms with Crippen LogP contribution in [0.5, 0.6) is 11.5 Å². The van der Waals surface area contributed by atoms with Crippen LogP contribution in [0.3, 0.4) is 0 Å². The maximum atomic E-state index is 12.8. The quantitative estimate of drug-likeness (QED) is 0.146. The maximum absolute atomic E-state index is 12.8. The van der Waals surface area contributed by atoms with E-state index in [1.165, 1.54) is 30.7 Å². The monoisotopic (exact) mass is 607 g/mol. The lowest BCUT2D eigenvalue weighted by atomic mass is 9.89. The number of ether oxygens (including phenoxy) is 2. The number of hydrogen-bond donors (Lipinski definition) is 4. The molecule has 0 spiro atoms. The molecule has 0 saturated heterocycles. The van der Waals surface area contributed by atoms with E-state index >= 15 is 0 Å². The number of allylic oxidation sites excluding steroid dienone is 2. The molecule has 240 valence electrons. The van der Waals surface area contributed by atoms with Crippen LogP contribution in [0, 0.1) is 5.92 Å². The average Bonchev–Trinajstić information content (AvgIpc) is 3.44. The van der Waals surface area contributed by atoms with Gasteiger partial charge in [0.1, 0.15) is 17.7 Å². The van der Waals surface area contributed by atoms with Gasteiger partial charge in [-0.25, -0.2) is 0 Å². The lowest BCUT2D eigenvalue weighted by molar-refractivity contribution is -0.148. The minimum atomic E-state index is -0.439. The van der Waals surface area contributed by atoms with Crippen molar-refractivity contribution >= 4 is 17.5 Å². The van der Waals surface area contributed by atoms with E-state index in [0.717, 1.165) is 50.0 Å². The molecule has 1 aliphatic heterocycles. The van der Waals surface area contributed by atoms with Gasteiger partial charge in [-0.15, -0.1) is 0 Å². The molecule has 4 N–H and O–H groups in total. The van der Waals surface area contributed by atoms with Crippen LogP contribution in [0.4, 0.5) is 0 Å². The van der Waals surface area contributed by atoms with Crippen molar-refractivity contribution in [3.05, 3.63) is 70.8 Å². The number of Topliss-reactive ketones (excluding diaryl/α,β-unsaturated/α-hetero) is 2. The normalized spacial score (nSPS) is 14.1. The highest BCUT2D eigenvalue weighted by atomic mass is 16.5. The zero-order valence-corrected chi connectivity index (χ0v) is 26.7. The minimum absolute atomic E-state index is 0.0442. The first kappa shape index (κ1) is 34.5. The fraction of sp³-hybridized carbons (Fsp3) is 0.514. The summed E-state index contributed by atoms with van der Waals surface area (Å²) in [5.41, 5.74) is 4.78. The van der Waals surface area contributed by atoms with Crippen LogP contribution in [0.15, 0.2) is 54.1 Å². The molecule has 2 atom stereocenters. The Morgan fingerprint density at radius 1 is 1.05 bits per heavy atom. The summed E-state index contributed by atoms with van der Waals surface area (Å²) in [6.07, 6.45) is 14.9. The summed E-state index contributed by atoms with van der Waals surface area (Å²) < 4.78 is 10.7. The number of H-pyrrole nitrogens is 1. The van der Waals surface area contributed by atoms with Crippen LogP contribution >= 0.6 is 0 Å². The van der Waals surface area contributed by atoms with E-state index in [9.17, 15) is 19.5 Å². The lowest BCUT2D eigenvalue weighted by Gasteiger charge is -2.21. The molecule has 44 heavy (non-hydrogen) atoms. The molecule has 0 saturated carbocycles. The standard InChI is InChI=1S/C35H49N3O6/c1-5-26(8-12-32(44-25(3)40)21-31(41)11-7-27-9-13-33(42)34(19-27)43-4)18-30-23-36-22-29(30)10-6-28-15-17-38-35(20-28)37-16-14-24(2)39/h9,13,15,19-20,22-23,26,32,36-38,42H,5-8,10-12,14,16-18,21H2,1-4H3. The van der Waals surface area contributed by atoms with Crippen LogP contribution in [-0.2, 0) is 38.4 Å². The van der Waals surface area contributed by atoms with Gasteiger partial charge in [-0.2, -0.15) is 0 Å². The van der Waals surface area contributed by atoms with Crippen molar-refractivity contribution in [2.24, 2.45) is 5.92 Å². The third kappa shape index (κ3) is 11.9. The number of phenols is 1. The number of aromatic nitrogens is 1. The molecule has 1 aliphatic rings. The van der Waals surface area contributed by atoms with Crippen molar-refractivity contribution in [1.29, 1.82) is 0 Å². The van der Waals surface area contributed by atoms with Crippen molar-refractivity contribution in [2.75, 3.05) is 20.2 Å². The predicted octanol–water partition coefficient (Wildman–Crippen LogP) is 5.47. The van der Waals surface area contributed by atoms with Crippen molar-refractivity contribution in [3.63, 3.8) is 0 Å². The number of dihydropyridines is 1. The van der Waals surface area contributed by atoms with Gasteiger partial charge in [-0.3, -0.25) is 14.4 Å². The number of ketones is 2. The number of benzene rings is 1. The summed E-state index contributed by atoms with van der Waals surface area (Å²) in [4.78, 5) is 39.2.